The molecule has 148 valence electrons. The zero-order chi connectivity index (χ0) is 20.2. The summed E-state index contributed by atoms with van der Waals surface area (Å²) >= 11 is 6.13. The van der Waals surface area contributed by atoms with E-state index in [4.69, 9.17) is 11.6 Å². The molecule has 0 saturated carbocycles. The van der Waals surface area contributed by atoms with E-state index in [2.05, 4.69) is 17.0 Å². The van der Waals surface area contributed by atoms with Crippen molar-refractivity contribution in [2.75, 3.05) is 26.2 Å². The normalized spacial score (nSPS) is 14.8. The molecule has 0 aliphatic carbocycles. The molecule has 0 N–H and O–H groups in total. The van der Waals surface area contributed by atoms with Crippen LogP contribution in [0, 0.1) is 5.82 Å². The molecule has 1 aliphatic rings. The molecule has 3 nitrogen and oxygen atoms in total. The zero-order valence-corrected chi connectivity index (χ0v) is 16.8. The summed E-state index contributed by atoms with van der Waals surface area (Å²) in [6.45, 7) is 3.08. The van der Waals surface area contributed by atoms with Gasteiger partial charge in [0.25, 0.3) is 5.91 Å². The molecule has 29 heavy (non-hydrogen) atoms. The largest absolute Gasteiger partial charge is 0.336 e. The van der Waals surface area contributed by atoms with Crippen molar-refractivity contribution in [3.05, 3.63) is 94.8 Å². The van der Waals surface area contributed by atoms with Crippen LogP contribution in [0.1, 0.15) is 15.9 Å². The van der Waals surface area contributed by atoms with E-state index in [-0.39, 0.29) is 11.7 Å². The molecule has 1 fully saturated rings. The van der Waals surface area contributed by atoms with E-state index in [0.29, 0.717) is 48.9 Å². The van der Waals surface area contributed by atoms with Gasteiger partial charge in [-0.2, -0.15) is 0 Å². The molecular formula is C24H22ClFN2O. The summed E-state index contributed by atoms with van der Waals surface area (Å²) in [7, 11) is 0. The SMILES string of the molecule is O=C(c1ccc(-c2ccccc2)cc1)N1CCN(Cc2c(F)cccc2Cl)CC1. The van der Waals surface area contributed by atoms with Crippen molar-refractivity contribution in [3.8, 4) is 11.1 Å². The average molecular weight is 409 g/mol. The molecule has 1 saturated heterocycles. The molecule has 0 spiro atoms. The minimum absolute atomic E-state index is 0.0354. The molecule has 0 bridgehead atoms. The molecule has 3 aromatic carbocycles. The molecule has 3 aromatic rings. The standard InChI is InChI=1S/C24H22ClFN2O/c25-22-7-4-8-23(26)21(22)17-27-13-15-28(16-14-27)24(29)20-11-9-19(10-12-20)18-5-2-1-3-6-18/h1-12H,13-17H2. The quantitative estimate of drug-likeness (QED) is 0.599. The smallest absolute Gasteiger partial charge is 0.253 e. The third kappa shape index (κ3) is 4.50. The van der Waals surface area contributed by atoms with E-state index in [0.717, 1.165) is 11.1 Å². The predicted octanol–water partition coefficient (Wildman–Crippen LogP) is 5.10. The van der Waals surface area contributed by atoms with Gasteiger partial charge in [0.05, 0.1) is 0 Å². The summed E-state index contributed by atoms with van der Waals surface area (Å²) in [6.07, 6.45) is 0. The van der Waals surface area contributed by atoms with E-state index >= 15 is 0 Å². The van der Waals surface area contributed by atoms with Crippen molar-refractivity contribution in [3.63, 3.8) is 0 Å². The second-order valence-electron chi connectivity index (χ2n) is 7.21. The monoisotopic (exact) mass is 408 g/mol. The highest BCUT2D eigenvalue weighted by Crippen LogP contribution is 2.22. The van der Waals surface area contributed by atoms with Gasteiger partial charge < -0.3 is 4.90 Å². The maximum atomic E-state index is 14.0. The van der Waals surface area contributed by atoms with Crippen molar-refractivity contribution < 1.29 is 9.18 Å². The fourth-order valence-electron chi connectivity index (χ4n) is 3.63. The summed E-state index contributed by atoms with van der Waals surface area (Å²) in [5.41, 5.74) is 3.43. The Balaban J connectivity index is 1.36. The Morgan fingerprint density at radius 3 is 2.14 bits per heavy atom. The van der Waals surface area contributed by atoms with Gasteiger partial charge in [-0.3, -0.25) is 9.69 Å². The minimum atomic E-state index is -0.283. The van der Waals surface area contributed by atoms with Gasteiger partial charge in [-0.05, 0) is 35.4 Å². The minimum Gasteiger partial charge on any atom is -0.336 e. The molecule has 0 radical (unpaired) electrons. The number of hydrogen-bond acceptors (Lipinski definition) is 2. The van der Waals surface area contributed by atoms with Crippen LogP contribution in [0.2, 0.25) is 5.02 Å². The third-order valence-corrected chi connectivity index (χ3v) is 5.70. The first-order chi connectivity index (χ1) is 14.1. The Bertz CT molecular complexity index is 963. The second kappa shape index (κ2) is 8.76. The average Bonchev–Trinajstić information content (AvgIpc) is 2.77. The number of carbonyl (C=O) groups excluding carboxylic acids is 1. The van der Waals surface area contributed by atoms with E-state index in [1.54, 1.807) is 12.1 Å². The highest BCUT2D eigenvalue weighted by molar-refractivity contribution is 6.31. The lowest BCUT2D eigenvalue weighted by molar-refractivity contribution is 0.0627. The van der Waals surface area contributed by atoms with Gasteiger partial charge in [-0.15, -0.1) is 0 Å². The van der Waals surface area contributed by atoms with Crippen LogP contribution in [0.4, 0.5) is 4.39 Å². The number of halogens is 2. The summed E-state index contributed by atoms with van der Waals surface area (Å²) < 4.78 is 14.0. The van der Waals surface area contributed by atoms with Crippen LogP contribution in [-0.4, -0.2) is 41.9 Å². The van der Waals surface area contributed by atoms with Crippen LogP contribution in [-0.2, 0) is 6.54 Å². The number of benzene rings is 3. The summed E-state index contributed by atoms with van der Waals surface area (Å²) in [6, 6.07) is 22.6. The highest BCUT2D eigenvalue weighted by Gasteiger charge is 2.23. The van der Waals surface area contributed by atoms with Crippen LogP contribution in [0.25, 0.3) is 11.1 Å². The summed E-state index contributed by atoms with van der Waals surface area (Å²) in [5, 5.41) is 0.446. The van der Waals surface area contributed by atoms with Crippen LogP contribution in [0.5, 0.6) is 0 Å². The van der Waals surface area contributed by atoms with Gasteiger partial charge >= 0.3 is 0 Å². The van der Waals surface area contributed by atoms with Crippen molar-refractivity contribution in [1.82, 2.24) is 9.80 Å². The first kappa shape index (κ1) is 19.6. The van der Waals surface area contributed by atoms with Gasteiger partial charge in [-0.25, -0.2) is 4.39 Å². The number of rotatable bonds is 4. The topological polar surface area (TPSA) is 23.6 Å². The van der Waals surface area contributed by atoms with Gasteiger partial charge in [-0.1, -0.05) is 60.1 Å². The fraction of sp³-hybridized carbons (Fsp3) is 0.208. The third-order valence-electron chi connectivity index (χ3n) is 5.34. The van der Waals surface area contributed by atoms with E-state index in [9.17, 15) is 9.18 Å². The van der Waals surface area contributed by atoms with Crippen molar-refractivity contribution >= 4 is 17.5 Å². The summed E-state index contributed by atoms with van der Waals surface area (Å²) in [5.74, 6) is -0.248. The Kier molecular flexibility index (Phi) is 5.93. The molecule has 4 rings (SSSR count). The Morgan fingerprint density at radius 2 is 1.48 bits per heavy atom. The number of carbonyl (C=O) groups is 1. The molecule has 1 amide bonds. The number of amides is 1. The molecule has 0 unspecified atom stereocenters. The maximum absolute atomic E-state index is 14.0. The first-order valence-corrected chi connectivity index (χ1v) is 10.1. The number of hydrogen-bond donors (Lipinski definition) is 0. The maximum Gasteiger partial charge on any atom is 0.253 e. The van der Waals surface area contributed by atoms with E-state index in [1.807, 2.05) is 47.4 Å². The lowest BCUT2D eigenvalue weighted by atomic mass is 10.0. The molecule has 5 heteroatoms. The van der Waals surface area contributed by atoms with E-state index < -0.39 is 0 Å². The van der Waals surface area contributed by atoms with Crippen LogP contribution in [0.3, 0.4) is 0 Å². The zero-order valence-electron chi connectivity index (χ0n) is 16.0. The molecule has 0 aromatic heterocycles. The predicted molar refractivity (Wildman–Crippen MR) is 114 cm³/mol. The Morgan fingerprint density at radius 1 is 0.828 bits per heavy atom. The lowest BCUT2D eigenvalue weighted by Crippen LogP contribution is -2.48. The lowest BCUT2D eigenvalue weighted by Gasteiger charge is -2.35. The second-order valence-corrected chi connectivity index (χ2v) is 7.62. The van der Waals surface area contributed by atoms with Gasteiger partial charge in [0.1, 0.15) is 5.82 Å². The van der Waals surface area contributed by atoms with Crippen molar-refractivity contribution in [1.29, 1.82) is 0 Å². The molecule has 1 aliphatic heterocycles. The Labute approximate surface area is 175 Å². The van der Waals surface area contributed by atoms with Gasteiger partial charge in [0.15, 0.2) is 0 Å². The van der Waals surface area contributed by atoms with Crippen LogP contribution < -0.4 is 0 Å². The fourth-order valence-corrected chi connectivity index (χ4v) is 3.86. The Hall–Kier alpha value is -2.69. The first-order valence-electron chi connectivity index (χ1n) is 9.72. The highest BCUT2D eigenvalue weighted by atomic mass is 35.5. The van der Waals surface area contributed by atoms with Crippen molar-refractivity contribution in [2.24, 2.45) is 0 Å². The van der Waals surface area contributed by atoms with Crippen LogP contribution in [0.15, 0.2) is 72.8 Å². The molecule has 0 atom stereocenters. The molecular weight excluding hydrogens is 387 g/mol. The summed E-state index contributed by atoms with van der Waals surface area (Å²) in [4.78, 5) is 16.8. The van der Waals surface area contributed by atoms with E-state index in [1.165, 1.54) is 6.07 Å². The van der Waals surface area contributed by atoms with Crippen LogP contribution >= 0.6 is 11.6 Å². The number of nitrogens with zero attached hydrogens (tertiary/aromatic N) is 2. The van der Waals surface area contributed by atoms with Gasteiger partial charge in [0, 0.05) is 48.9 Å². The van der Waals surface area contributed by atoms with Gasteiger partial charge in [0.2, 0.25) is 0 Å². The van der Waals surface area contributed by atoms with Crippen molar-refractivity contribution in [2.45, 2.75) is 6.54 Å². The molecule has 1 heterocycles. The number of piperazine rings is 1.